The Morgan fingerprint density at radius 3 is 2.47 bits per heavy atom. The zero-order chi connectivity index (χ0) is 11.3. The van der Waals surface area contributed by atoms with Gasteiger partial charge in [-0.3, -0.25) is 9.05 Å². The van der Waals surface area contributed by atoms with Crippen LogP contribution in [-0.4, -0.2) is 23.2 Å². The highest BCUT2D eigenvalue weighted by Crippen LogP contribution is 2.46. The second-order valence-corrected chi connectivity index (χ2v) is 6.13. The van der Waals surface area contributed by atoms with Gasteiger partial charge in [0.05, 0.1) is 19.4 Å². The average Bonchev–Trinajstić information content (AvgIpc) is 2.51. The van der Waals surface area contributed by atoms with Crippen LogP contribution in [0.4, 0.5) is 0 Å². The summed E-state index contributed by atoms with van der Waals surface area (Å²) >= 11 is 8.36. The Balaban J connectivity index is 2.70. The minimum absolute atomic E-state index is 0.444. The van der Waals surface area contributed by atoms with E-state index in [-0.39, 0.29) is 0 Å². The monoisotopic (exact) mass is 314 g/mol. The van der Waals surface area contributed by atoms with E-state index in [1.807, 2.05) is 13.8 Å². The molecule has 8 heteroatoms. The van der Waals surface area contributed by atoms with E-state index in [1.165, 1.54) is 4.85 Å². The van der Waals surface area contributed by atoms with E-state index in [0.717, 1.165) is 0 Å². The highest BCUT2D eigenvalue weighted by atomic mass is 79.9. The maximum absolute atomic E-state index is 5.36. The first-order valence-electron chi connectivity index (χ1n) is 4.40. The summed E-state index contributed by atoms with van der Waals surface area (Å²) in [5, 5.41) is 3.97. The lowest BCUT2D eigenvalue weighted by atomic mass is 10.8. The first-order chi connectivity index (χ1) is 7.09. The van der Waals surface area contributed by atoms with Crippen molar-refractivity contribution in [3.63, 3.8) is 0 Å². The molecular weight excluding hydrogens is 303 g/mol. The molecule has 0 aromatic carbocycles. The van der Waals surface area contributed by atoms with Crippen molar-refractivity contribution < 1.29 is 13.7 Å². The molecule has 0 aliphatic heterocycles. The predicted molar refractivity (Wildman–Crippen MR) is 64.0 cm³/mol. The highest BCUT2D eigenvalue weighted by Gasteiger charge is 2.22. The number of hydrogen-bond acceptors (Lipinski definition) is 5. The summed E-state index contributed by atoms with van der Waals surface area (Å²) in [5.41, 5.74) is 0. The van der Waals surface area contributed by atoms with Crippen molar-refractivity contribution in [2.45, 2.75) is 13.8 Å². The van der Waals surface area contributed by atoms with Gasteiger partial charge in [-0.15, -0.1) is 5.10 Å². The molecule has 86 valence electrons. The van der Waals surface area contributed by atoms with Gasteiger partial charge in [0.25, 0.3) is 0 Å². The van der Waals surface area contributed by atoms with Crippen LogP contribution in [-0.2, 0) is 20.9 Å². The van der Waals surface area contributed by atoms with Gasteiger partial charge in [0.15, 0.2) is 0 Å². The van der Waals surface area contributed by atoms with Crippen LogP contribution in [0.5, 0.6) is 0 Å². The SMILES string of the molecule is CCOP(=S)(OCC)On1ccc(Br)n1. The third-order valence-electron chi connectivity index (χ3n) is 1.29. The zero-order valence-corrected chi connectivity index (χ0v) is 11.7. The fraction of sp³-hybridized carbons (Fsp3) is 0.571. The van der Waals surface area contributed by atoms with E-state index < -0.39 is 6.72 Å². The second kappa shape index (κ2) is 5.96. The van der Waals surface area contributed by atoms with E-state index in [0.29, 0.717) is 17.8 Å². The molecule has 0 amide bonds. The molecule has 5 nitrogen and oxygen atoms in total. The third kappa shape index (κ3) is 4.20. The number of halogens is 1. The Labute approximate surface area is 102 Å². The van der Waals surface area contributed by atoms with Crippen LogP contribution in [0.15, 0.2) is 16.9 Å². The van der Waals surface area contributed by atoms with Gasteiger partial charge >= 0.3 is 6.72 Å². The highest BCUT2D eigenvalue weighted by molar-refractivity contribution is 9.10. The number of hydrogen-bond donors (Lipinski definition) is 0. The molecule has 0 fully saturated rings. The molecule has 0 bridgehead atoms. The fourth-order valence-electron chi connectivity index (χ4n) is 0.835. The van der Waals surface area contributed by atoms with Crippen molar-refractivity contribution in [2.24, 2.45) is 0 Å². The lowest BCUT2D eigenvalue weighted by Gasteiger charge is -2.19. The van der Waals surface area contributed by atoms with Gasteiger partial charge in [0, 0.05) is 11.8 Å². The number of nitrogens with zero attached hydrogens (tertiary/aromatic N) is 2. The summed E-state index contributed by atoms with van der Waals surface area (Å²) in [6.45, 7) is 1.84. The molecule has 0 aliphatic carbocycles. The van der Waals surface area contributed by atoms with E-state index >= 15 is 0 Å². The molecule has 0 saturated heterocycles. The quantitative estimate of drug-likeness (QED) is 0.754. The maximum Gasteiger partial charge on any atom is 0.402 e. The van der Waals surface area contributed by atoms with Crippen LogP contribution in [0, 0.1) is 0 Å². The van der Waals surface area contributed by atoms with Crippen LogP contribution >= 0.6 is 22.6 Å². The first-order valence-corrected chi connectivity index (χ1v) is 7.75. The van der Waals surface area contributed by atoms with Crippen LogP contribution in [0.25, 0.3) is 0 Å². The van der Waals surface area contributed by atoms with Crippen LogP contribution in [0.1, 0.15) is 13.8 Å². The van der Waals surface area contributed by atoms with Crippen molar-refractivity contribution in [1.29, 1.82) is 0 Å². The minimum Gasteiger partial charge on any atom is -0.315 e. The molecule has 1 aromatic heterocycles. The first kappa shape index (κ1) is 13.1. The summed E-state index contributed by atoms with van der Waals surface area (Å²) in [6.07, 6.45) is 1.63. The molecule has 1 heterocycles. The minimum atomic E-state index is -2.71. The summed E-state index contributed by atoms with van der Waals surface area (Å²) in [4.78, 5) is 1.25. The van der Waals surface area contributed by atoms with Crippen LogP contribution in [0.2, 0.25) is 0 Å². The molecule has 15 heavy (non-hydrogen) atoms. The molecule has 0 aliphatic rings. The van der Waals surface area contributed by atoms with Gasteiger partial charge in [-0.05, 0) is 35.8 Å². The summed E-state index contributed by atoms with van der Waals surface area (Å²) in [6, 6.07) is 1.73. The van der Waals surface area contributed by atoms with E-state index in [2.05, 4.69) is 21.0 Å². The van der Waals surface area contributed by atoms with E-state index in [1.54, 1.807) is 12.3 Å². The molecule has 1 rings (SSSR count). The summed E-state index contributed by atoms with van der Waals surface area (Å²) < 4.78 is 16.6. The second-order valence-electron chi connectivity index (χ2n) is 2.41. The Morgan fingerprint density at radius 1 is 1.47 bits per heavy atom. The number of rotatable bonds is 6. The fourth-order valence-corrected chi connectivity index (χ4v) is 3.04. The van der Waals surface area contributed by atoms with E-state index in [9.17, 15) is 0 Å². The van der Waals surface area contributed by atoms with Crippen molar-refractivity contribution in [3.05, 3.63) is 16.9 Å². The average molecular weight is 315 g/mol. The Bertz CT molecular complexity index is 350. The van der Waals surface area contributed by atoms with Crippen LogP contribution in [0.3, 0.4) is 0 Å². The molecule has 0 unspecified atom stereocenters. The van der Waals surface area contributed by atoms with E-state index in [4.69, 9.17) is 25.5 Å². The number of aromatic nitrogens is 2. The Morgan fingerprint density at radius 2 is 2.07 bits per heavy atom. The topological polar surface area (TPSA) is 45.5 Å². The molecule has 0 spiro atoms. The van der Waals surface area contributed by atoms with Crippen molar-refractivity contribution in [2.75, 3.05) is 13.2 Å². The van der Waals surface area contributed by atoms with Crippen molar-refractivity contribution in [3.8, 4) is 0 Å². The van der Waals surface area contributed by atoms with Gasteiger partial charge in [-0.1, -0.05) is 4.85 Å². The van der Waals surface area contributed by atoms with Gasteiger partial charge in [-0.25, -0.2) is 0 Å². The largest absolute Gasteiger partial charge is 0.402 e. The Hall–Kier alpha value is 0.0600. The molecule has 0 radical (unpaired) electrons. The molecule has 0 N–H and O–H groups in total. The van der Waals surface area contributed by atoms with Gasteiger partial charge in [-0.2, -0.15) is 0 Å². The van der Waals surface area contributed by atoms with Crippen molar-refractivity contribution >= 4 is 34.5 Å². The zero-order valence-electron chi connectivity index (χ0n) is 8.42. The Kier molecular flexibility index (Phi) is 5.22. The molecule has 0 atom stereocenters. The van der Waals surface area contributed by atoms with Crippen LogP contribution < -0.4 is 4.62 Å². The summed E-state index contributed by atoms with van der Waals surface area (Å²) in [7, 11) is 0. The molecule has 1 aromatic rings. The predicted octanol–water partition coefficient (Wildman–Crippen LogP) is 2.37. The van der Waals surface area contributed by atoms with Gasteiger partial charge in [0.2, 0.25) is 0 Å². The summed E-state index contributed by atoms with van der Waals surface area (Å²) in [5.74, 6) is 0. The smallest absolute Gasteiger partial charge is 0.315 e. The lowest BCUT2D eigenvalue weighted by Crippen LogP contribution is -2.13. The third-order valence-corrected chi connectivity index (χ3v) is 4.06. The van der Waals surface area contributed by atoms with Gasteiger partial charge < -0.3 is 4.62 Å². The van der Waals surface area contributed by atoms with Gasteiger partial charge in [0.1, 0.15) is 4.60 Å². The molecule has 0 saturated carbocycles. The maximum atomic E-state index is 5.36. The normalized spacial score (nSPS) is 11.7. The standard InChI is InChI=1S/C7H12BrN2O3PS/c1-3-11-14(15,12-4-2)13-10-6-5-7(8)9-10/h5-6H,3-4H2,1-2H3. The molecular formula is C7H12BrN2O3PS. The lowest BCUT2D eigenvalue weighted by molar-refractivity contribution is 0.137. The van der Waals surface area contributed by atoms with Crippen molar-refractivity contribution in [1.82, 2.24) is 9.94 Å².